The molecule has 6 nitrogen and oxygen atoms in total. The van der Waals surface area contributed by atoms with Crippen molar-refractivity contribution < 1.29 is 9.18 Å². The normalized spacial score (nSPS) is 17.2. The third-order valence-corrected chi connectivity index (χ3v) is 4.37. The lowest BCUT2D eigenvalue weighted by Gasteiger charge is -2.21. The van der Waals surface area contributed by atoms with Gasteiger partial charge < -0.3 is 20.4 Å². The van der Waals surface area contributed by atoms with Crippen molar-refractivity contribution in [2.75, 3.05) is 45.2 Å². The van der Waals surface area contributed by atoms with Crippen LogP contribution in [0.25, 0.3) is 0 Å². The van der Waals surface area contributed by atoms with Crippen LogP contribution in [0.1, 0.15) is 6.42 Å². The first kappa shape index (κ1) is 20.0. The van der Waals surface area contributed by atoms with Crippen LogP contribution in [0.3, 0.4) is 0 Å². The Labute approximate surface area is 158 Å². The highest BCUT2D eigenvalue weighted by molar-refractivity contribution is 6.31. The molecule has 0 saturated carbocycles. The Morgan fingerprint density at radius 2 is 2.31 bits per heavy atom. The fourth-order valence-corrected chi connectivity index (χ4v) is 2.77. The number of nitrogens with one attached hydrogen (secondary N) is 2. The van der Waals surface area contributed by atoms with E-state index >= 15 is 0 Å². The van der Waals surface area contributed by atoms with E-state index in [-0.39, 0.29) is 23.5 Å². The van der Waals surface area contributed by atoms with Crippen LogP contribution in [-0.4, -0.2) is 63.1 Å². The highest BCUT2D eigenvalue weighted by atomic mass is 35.5. The summed E-state index contributed by atoms with van der Waals surface area (Å²) in [6.07, 6.45) is 2.62. The number of hydrogen-bond acceptors (Lipinski definition) is 3. The molecule has 1 aromatic rings. The van der Waals surface area contributed by atoms with Crippen LogP contribution in [0, 0.1) is 5.82 Å². The maximum absolute atomic E-state index is 13.3. The number of hydrogen-bond donors (Lipinski definition) is 2. The Bertz CT molecular complexity index is 680. The molecule has 1 unspecified atom stereocenters. The van der Waals surface area contributed by atoms with Crippen molar-refractivity contribution in [3.8, 4) is 0 Å². The quantitative estimate of drug-likeness (QED) is 0.448. The molecule has 1 fully saturated rings. The molecule has 1 atom stereocenters. The monoisotopic (exact) mass is 381 g/mol. The van der Waals surface area contributed by atoms with E-state index in [9.17, 15) is 9.18 Å². The highest BCUT2D eigenvalue weighted by Gasteiger charge is 2.24. The van der Waals surface area contributed by atoms with Gasteiger partial charge in [-0.2, -0.15) is 0 Å². The molecule has 0 aliphatic carbocycles. The predicted molar refractivity (Wildman–Crippen MR) is 104 cm³/mol. The van der Waals surface area contributed by atoms with Gasteiger partial charge in [-0.15, -0.1) is 6.58 Å². The van der Waals surface area contributed by atoms with Crippen LogP contribution in [-0.2, 0) is 4.79 Å². The SMILES string of the molecule is C=CCNC(=NCC(=O)N(C)C)NC1CCN(c2ccc(F)c(Cl)c2)C1. The molecule has 0 aromatic heterocycles. The van der Waals surface area contributed by atoms with Crippen molar-refractivity contribution >= 4 is 29.2 Å². The summed E-state index contributed by atoms with van der Waals surface area (Å²) in [6.45, 7) is 5.86. The van der Waals surface area contributed by atoms with E-state index in [1.165, 1.54) is 11.0 Å². The van der Waals surface area contributed by atoms with Crippen molar-refractivity contribution in [2.45, 2.75) is 12.5 Å². The van der Waals surface area contributed by atoms with Crippen molar-refractivity contribution in [1.82, 2.24) is 15.5 Å². The number of amides is 1. The first-order chi connectivity index (χ1) is 12.4. The van der Waals surface area contributed by atoms with Crippen LogP contribution in [0.2, 0.25) is 5.02 Å². The number of carbonyl (C=O) groups is 1. The molecular weight excluding hydrogens is 357 g/mol. The van der Waals surface area contributed by atoms with Crippen LogP contribution in [0.4, 0.5) is 10.1 Å². The number of aliphatic imine (C=N–C) groups is 1. The number of rotatable bonds is 6. The van der Waals surface area contributed by atoms with Gasteiger partial charge in [0, 0.05) is 45.5 Å². The zero-order valence-electron chi connectivity index (χ0n) is 15.1. The van der Waals surface area contributed by atoms with Gasteiger partial charge in [0.2, 0.25) is 5.91 Å². The van der Waals surface area contributed by atoms with Gasteiger partial charge in [-0.1, -0.05) is 17.7 Å². The highest BCUT2D eigenvalue weighted by Crippen LogP contribution is 2.25. The zero-order chi connectivity index (χ0) is 19.1. The van der Waals surface area contributed by atoms with Crippen molar-refractivity contribution in [2.24, 2.45) is 4.99 Å². The molecule has 0 radical (unpaired) electrons. The molecule has 2 N–H and O–H groups in total. The molecule has 0 spiro atoms. The average molecular weight is 382 g/mol. The van der Waals surface area contributed by atoms with E-state index in [1.807, 2.05) is 0 Å². The van der Waals surface area contributed by atoms with Gasteiger partial charge in [0.25, 0.3) is 0 Å². The fourth-order valence-electron chi connectivity index (χ4n) is 2.60. The smallest absolute Gasteiger partial charge is 0.243 e. The topological polar surface area (TPSA) is 60.0 Å². The number of nitrogens with zero attached hydrogens (tertiary/aromatic N) is 3. The van der Waals surface area contributed by atoms with Crippen LogP contribution < -0.4 is 15.5 Å². The Morgan fingerprint density at radius 3 is 2.96 bits per heavy atom. The number of benzene rings is 1. The lowest BCUT2D eigenvalue weighted by molar-refractivity contribution is -0.127. The minimum atomic E-state index is -0.419. The van der Waals surface area contributed by atoms with Gasteiger partial charge in [-0.3, -0.25) is 4.79 Å². The van der Waals surface area contributed by atoms with E-state index in [4.69, 9.17) is 11.6 Å². The molecule has 8 heteroatoms. The summed E-state index contributed by atoms with van der Waals surface area (Å²) in [5.74, 6) is 0.0840. The first-order valence-electron chi connectivity index (χ1n) is 8.46. The maximum atomic E-state index is 13.3. The van der Waals surface area contributed by atoms with E-state index in [2.05, 4.69) is 27.1 Å². The summed E-state index contributed by atoms with van der Waals surface area (Å²) >= 11 is 5.87. The summed E-state index contributed by atoms with van der Waals surface area (Å²) in [5.41, 5.74) is 0.890. The van der Waals surface area contributed by atoms with Crippen LogP contribution in [0.15, 0.2) is 35.8 Å². The molecule has 26 heavy (non-hydrogen) atoms. The molecular formula is C18H25ClFN5O. The van der Waals surface area contributed by atoms with Gasteiger partial charge >= 0.3 is 0 Å². The third-order valence-electron chi connectivity index (χ3n) is 4.08. The first-order valence-corrected chi connectivity index (χ1v) is 8.84. The van der Waals surface area contributed by atoms with Crippen LogP contribution >= 0.6 is 11.6 Å². The Balaban J connectivity index is 1.98. The molecule has 142 valence electrons. The number of carbonyl (C=O) groups excluding carboxylic acids is 1. The summed E-state index contributed by atoms with van der Waals surface area (Å²) < 4.78 is 13.3. The lowest BCUT2D eigenvalue weighted by atomic mass is 10.2. The van der Waals surface area contributed by atoms with E-state index < -0.39 is 5.82 Å². The second kappa shape index (κ2) is 9.43. The van der Waals surface area contributed by atoms with Crippen molar-refractivity contribution in [3.63, 3.8) is 0 Å². The molecule has 1 heterocycles. The minimum Gasteiger partial charge on any atom is -0.369 e. The van der Waals surface area contributed by atoms with Gasteiger partial charge in [0.05, 0.1) is 5.02 Å². The van der Waals surface area contributed by atoms with Gasteiger partial charge in [-0.05, 0) is 24.6 Å². The van der Waals surface area contributed by atoms with Gasteiger partial charge in [-0.25, -0.2) is 9.38 Å². The summed E-state index contributed by atoms with van der Waals surface area (Å²) in [5, 5.41) is 6.59. The summed E-state index contributed by atoms with van der Waals surface area (Å²) in [7, 11) is 3.40. The second-order valence-corrected chi connectivity index (χ2v) is 6.70. The van der Waals surface area contributed by atoms with E-state index in [0.717, 1.165) is 25.2 Å². The molecule has 1 saturated heterocycles. The standard InChI is InChI=1S/C18H25ClFN5O/c1-4-8-21-18(22-11-17(26)24(2)3)23-13-7-9-25(12-13)14-5-6-16(20)15(19)10-14/h4-6,10,13H,1,7-9,11-12H2,2-3H3,(H2,21,22,23). The number of halogens is 2. The van der Waals surface area contributed by atoms with Gasteiger partial charge in [0.15, 0.2) is 5.96 Å². The number of guanidine groups is 1. The maximum Gasteiger partial charge on any atom is 0.243 e. The molecule has 2 rings (SSSR count). The second-order valence-electron chi connectivity index (χ2n) is 6.30. The van der Waals surface area contributed by atoms with E-state index in [0.29, 0.717) is 12.5 Å². The average Bonchev–Trinajstić information content (AvgIpc) is 3.07. The van der Waals surface area contributed by atoms with Gasteiger partial charge in [0.1, 0.15) is 12.4 Å². The Morgan fingerprint density at radius 1 is 1.54 bits per heavy atom. The molecule has 1 aliphatic heterocycles. The van der Waals surface area contributed by atoms with Crippen molar-refractivity contribution in [1.29, 1.82) is 0 Å². The van der Waals surface area contributed by atoms with E-state index in [1.54, 1.807) is 32.3 Å². The Hall–Kier alpha value is -2.28. The molecule has 1 aliphatic rings. The largest absolute Gasteiger partial charge is 0.369 e. The fraction of sp³-hybridized carbons (Fsp3) is 0.444. The number of anilines is 1. The Kier molecular flexibility index (Phi) is 7.26. The zero-order valence-corrected chi connectivity index (χ0v) is 15.9. The number of likely N-dealkylation sites (N-methyl/N-ethyl adjacent to an activating group) is 1. The van der Waals surface area contributed by atoms with Crippen molar-refractivity contribution in [3.05, 3.63) is 41.7 Å². The molecule has 0 bridgehead atoms. The molecule has 1 aromatic carbocycles. The summed E-state index contributed by atoms with van der Waals surface area (Å²) in [6, 6.07) is 4.90. The lowest BCUT2D eigenvalue weighted by Crippen LogP contribution is -2.45. The third kappa shape index (κ3) is 5.62. The van der Waals surface area contributed by atoms with Crippen LogP contribution in [0.5, 0.6) is 0 Å². The summed E-state index contributed by atoms with van der Waals surface area (Å²) in [4.78, 5) is 19.7. The predicted octanol–water partition coefficient (Wildman–Crippen LogP) is 1.87. The molecule has 1 amide bonds. The minimum absolute atomic E-state index is 0.0706.